The Morgan fingerprint density at radius 3 is 2.52 bits per heavy atom. The normalized spacial score (nSPS) is 26.5. The summed E-state index contributed by atoms with van der Waals surface area (Å²) in [5, 5.41) is 0. The summed E-state index contributed by atoms with van der Waals surface area (Å²) in [5.74, 6) is -0.122. The fourth-order valence-electron chi connectivity index (χ4n) is 4.13. The highest BCUT2D eigenvalue weighted by molar-refractivity contribution is 6.62. The number of allylic oxidation sites excluding steroid dienone is 4. The van der Waals surface area contributed by atoms with Crippen LogP contribution in [-0.2, 0) is 14.3 Å². The molecule has 2 aliphatic rings. The fourth-order valence-corrected chi connectivity index (χ4v) is 4.13. The molecule has 0 spiro atoms. The number of hydrogen-bond acceptors (Lipinski definition) is 3. The van der Waals surface area contributed by atoms with Crippen LogP contribution in [0, 0.1) is 23.2 Å². The maximum Gasteiger partial charge on any atom is 0.441 e. The number of esters is 1. The van der Waals surface area contributed by atoms with E-state index >= 15 is 0 Å². The van der Waals surface area contributed by atoms with Crippen molar-refractivity contribution in [2.24, 2.45) is 23.2 Å². The zero-order valence-electron chi connectivity index (χ0n) is 17.0. The van der Waals surface area contributed by atoms with Crippen molar-refractivity contribution in [3.05, 3.63) is 29.8 Å². The van der Waals surface area contributed by atoms with Gasteiger partial charge in [0.1, 0.15) is 6.10 Å². The Hall–Kier alpha value is -2.00. The summed E-state index contributed by atoms with van der Waals surface area (Å²) in [6.45, 7) is 8.44. The molecule has 2 rings (SSSR count). The van der Waals surface area contributed by atoms with Crippen molar-refractivity contribution in [1.82, 2.24) is 0 Å². The van der Waals surface area contributed by atoms with Crippen LogP contribution >= 0.6 is 0 Å². The second kappa shape index (κ2) is 9.27. The average molecular weight is 373 g/mol. The monoisotopic (exact) mass is 372 g/mol. The van der Waals surface area contributed by atoms with E-state index in [9.17, 15) is 15.1 Å². The van der Waals surface area contributed by atoms with Crippen LogP contribution in [0.1, 0.15) is 66.2 Å². The Morgan fingerprint density at radius 1 is 1.26 bits per heavy atom. The molecule has 0 heterocycles. The van der Waals surface area contributed by atoms with Crippen molar-refractivity contribution < 1.29 is 19.1 Å². The van der Waals surface area contributed by atoms with Gasteiger partial charge < -0.3 is 10.3 Å². The van der Waals surface area contributed by atoms with Gasteiger partial charge in [0, 0.05) is 11.8 Å². The van der Waals surface area contributed by atoms with E-state index in [1.807, 2.05) is 6.92 Å². The highest BCUT2D eigenvalue weighted by Crippen LogP contribution is 2.35. The van der Waals surface area contributed by atoms with E-state index in [0.29, 0.717) is 18.3 Å². The van der Waals surface area contributed by atoms with Gasteiger partial charge in [0.25, 0.3) is 5.78 Å². The summed E-state index contributed by atoms with van der Waals surface area (Å²) in [6, 6.07) is 0. The minimum absolute atomic E-state index is 0.133. The SMILES string of the molecule is CC(C)[C@H]1CC[C@H](C)C[C@@H]1OC(=O)C(=[N+]=[N-])C(=O)CCC1(C)C=CCC=C1. The van der Waals surface area contributed by atoms with Gasteiger partial charge in [0.15, 0.2) is 0 Å². The van der Waals surface area contributed by atoms with E-state index in [2.05, 4.69) is 49.9 Å². The molecule has 0 aromatic rings. The number of Topliss-reactive ketones (excluding diaryl/α,β-unsaturated/α-hetero) is 1. The molecule has 27 heavy (non-hydrogen) atoms. The van der Waals surface area contributed by atoms with Crippen LogP contribution in [0.15, 0.2) is 24.3 Å². The number of nitrogens with zero attached hydrogens (tertiary/aromatic N) is 2. The molecule has 0 aliphatic heterocycles. The smallest absolute Gasteiger partial charge is 0.441 e. The van der Waals surface area contributed by atoms with E-state index in [4.69, 9.17) is 4.74 Å². The Morgan fingerprint density at radius 2 is 1.93 bits per heavy atom. The highest BCUT2D eigenvalue weighted by Gasteiger charge is 2.38. The molecule has 0 unspecified atom stereocenters. The second-order valence-electron chi connectivity index (χ2n) is 8.69. The van der Waals surface area contributed by atoms with Crippen LogP contribution in [0.3, 0.4) is 0 Å². The molecule has 0 saturated heterocycles. The maximum absolute atomic E-state index is 12.5. The summed E-state index contributed by atoms with van der Waals surface area (Å²) < 4.78 is 5.65. The number of carbonyl (C=O) groups is 2. The number of carbonyl (C=O) groups excluding carboxylic acids is 2. The zero-order valence-corrected chi connectivity index (χ0v) is 17.0. The average Bonchev–Trinajstić information content (AvgIpc) is 2.61. The lowest BCUT2D eigenvalue weighted by molar-refractivity contribution is -0.153. The molecular weight excluding hydrogens is 340 g/mol. The Labute approximate surface area is 162 Å². The van der Waals surface area contributed by atoms with Gasteiger partial charge in [0.05, 0.1) is 0 Å². The van der Waals surface area contributed by atoms with Crippen LogP contribution in [0.5, 0.6) is 0 Å². The number of rotatable bonds is 7. The minimum atomic E-state index is -0.799. The lowest BCUT2D eigenvalue weighted by Crippen LogP contribution is -2.39. The van der Waals surface area contributed by atoms with E-state index in [1.165, 1.54) is 0 Å². The molecule has 0 amide bonds. The largest absolute Gasteiger partial charge is 0.453 e. The van der Waals surface area contributed by atoms with Crippen LogP contribution in [0.2, 0.25) is 0 Å². The number of ether oxygens (including phenoxy) is 1. The minimum Gasteiger partial charge on any atom is -0.453 e. The summed E-state index contributed by atoms with van der Waals surface area (Å²) >= 11 is 0. The first-order valence-corrected chi connectivity index (χ1v) is 10.1. The molecule has 0 radical (unpaired) electrons. The second-order valence-corrected chi connectivity index (χ2v) is 8.69. The van der Waals surface area contributed by atoms with Crippen LogP contribution in [0.4, 0.5) is 0 Å². The third-order valence-corrected chi connectivity index (χ3v) is 5.94. The van der Waals surface area contributed by atoms with Gasteiger partial charge in [-0.1, -0.05) is 58.4 Å². The molecule has 148 valence electrons. The molecule has 1 fully saturated rings. The summed E-state index contributed by atoms with van der Waals surface area (Å²) in [4.78, 5) is 28.0. The lowest BCUT2D eigenvalue weighted by Gasteiger charge is -2.36. The predicted octanol–water partition coefficient (Wildman–Crippen LogP) is 4.53. The first-order chi connectivity index (χ1) is 12.8. The topological polar surface area (TPSA) is 79.8 Å². The standard InChI is InChI=1S/C22H32N2O3/c1-15(2)17-9-8-16(3)14-19(17)27-21(26)20(24-23)18(25)10-13-22(4)11-6-5-7-12-22/h6-7,11-12,15-17,19H,5,8-10,13-14H2,1-4H3/t16-,17+,19-/m0/s1. The van der Waals surface area contributed by atoms with Crippen molar-refractivity contribution in [3.63, 3.8) is 0 Å². The van der Waals surface area contributed by atoms with E-state index in [0.717, 1.165) is 25.7 Å². The zero-order chi connectivity index (χ0) is 20.0. The van der Waals surface area contributed by atoms with Crippen molar-refractivity contribution in [3.8, 4) is 0 Å². The first-order valence-electron chi connectivity index (χ1n) is 10.1. The van der Waals surface area contributed by atoms with Crippen molar-refractivity contribution in [1.29, 1.82) is 0 Å². The molecule has 0 aromatic carbocycles. The van der Waals surface area contributed by atoms with Crippen molar-refractivity contribution >= 4 is 17.5 Å². The fraction of sp³-hybridized carbons (Fsp3) is 0.682. The molecule has 5 heteroatoms. The molecule has 2 aliphatic carbocycles. The molecule has 0 bridgehead atoms. The number of ketones is 1. The summed E-state index contributed by atoms with van der Waals surface area (Å²) in [7, 11) is 0. The van der Waals surface area contributed by atoms with Gasteiger partial charge >= 0.3 is 11.7 Å². The third-order valence-electron chi connectivity index (χ3n) is 5.94. The molecule has 0 aromatic heterocycles. The van der Waals surface area contributed by atoms with Gasteiger partial charge in [-0.25, -0.2) is 4.79 Å². The molecule has 0 N–H and O–H groups in total. The Bertz CT molecular complexity index is 659. The predicted molar refractivity (Wildman–Crippen MR) is 105 cm³/mol. The number of hydrogen-bond donors (Lipinski definition) is 0. The van der Waals surface area contributed by atoms with E-state index in [1.54, 1.807) is 0 Å². The van der Waals surface area contributed by atoms with Crippen molar-refractivity contribution in [2.75, 3.05) is 0 Å². The molecule has 1 saturated carbocycles. The van der Waals surface area contributed by atoms with Gasteiger partial charge in [0.2, 0.25) is 0 Å². The highest BCUT2D eigenvalue weighted by atomic mass is 16.5. The molecular formula is C22H32N2O3. The van der Waals surface area contributed by atoms with Gasteiger partial charge in [-0.05, 0) is 43.4 Å². The maximum atomic E-state index is 12.5. The van der Waals surface area contributed by atoms with Gasteiger partial charge in [-0.2, -0.15) is 4.79 Å². The molecule has 3 atom stereocenters. The summed E-state index contributed by atoms with van der Waals surface area (Å²) in [5.41, 5.74) is 8.57. The third kappa shape index (κ3) is 5.74. The quantitative estimate of drug-likeness (QED) is 0.164. The Kier molecular flexibility index (Phi) is 7.32. The first kappa shape index (κ1) is 21.3. The van der Waals surface area contributed by atoms with Crippen LogP contribution in [0.25, 0.3) is 5.53 Å². The molecule has 5 nitrogen and oxygen atoms in total. The Balaban J connectivity index is 1.99. The van der Waals surface area contributed by atoms with Gasteiger partial charge in [-0.3, -0.25) is 4.79 Å². The van der Waals surface area contributed by atoms with E-state index < -0.39 is 17.5 Å². The van der Waals surface area contributed by atoms with Crippen LogP contribution in [-0.4, -0.2) is 28.4 Å². The lowest BCUT2D eigenvalue weighted by atomic mass is 9.75. The van der Waals surface area contributed by atoms with Crippen LogP contribution < -0.4 is 0 Å². The summed E-state index contributed by atoms with van der Waals surface area (Å²) in [6.07, 6.45) is 12.6. The van der Waals surface area contributed by atoms with Gasteiger partial charge in [-0.15, -0.1) is 0 Å². The van der Waals surface area contributed by atoms with Crippen molar-refractivity contribution in [2.45, 2.75) is 72.3 Å². The van der Waals surface area contributed by atoms with E-state index in [-0.39, 0.29) is 23.9 Å².